The smallest absolute Gasteiger partial charge is 0.334 e. The molecule has 25 heavy (non-hydrogen) atoms. The van der Waals surface area contributed by atoms with Gasteiger partial charge in [0.05, 0.1) is 12.0 Å². The van der Waals surface area contributed by atoms with Crippen LogP contribution in [-0.4, -0.2) is 23.3 Å². The summed E-state index contributed by atoms with van der Waals surface area (Å²) in [5.74, 6) is 4.58. The summed E-state index contributed by atoms with van der Waals surface area (Å²) in [7, 11) is 0. The Morgan fingerprint density at radius 3 is 2.28 bits per heavy atom. The number of ether oxygens (including phenoxy) is 1. The highest BCUT2D eigenvalue weighted by Crippen LogP contribution is 2.23. The Bertz CT molecular complexity index is 742. The van der Waals surface area contributed by atoms with Crippen LogP contribution >= 0.6 is 0 Å². The maximum absolute atomic E-state index is 11.7. The van der Waals surface area contributed by atoms with Crippen molar-refractivity contribution in [3.63, 3.8) is 0 Å². The minimum atomic E-state index is -1.03. The van der Waals surface area contributed by atoms with Crippen LogP contribution in [0, 0.1) is 11.8 Å². The molecule has 0 saturated heterocycles. The second-order valence-electron chi connectivity index (χ2n) is 6.00. The fourth-order valence-electron chi connectivity index (χ4n) is 2.45. The van der Waals surface area contributed by atoms with Crippen LogP contribution in [0.4, 0.5) is 0 Å². The van der Waals surface area contributed by atoms with Crippen molar-refractivity contribution in [2.24, 2.45) is 5.73 Å². The lowest BCUT2D eigenvalue weighted by atomic mass is 9.93. The van der Waals surface area contributed by atoms with Crippen LogP contribution in [0.15, 0.2) is 54.6 Å². The van der Waals surface area contributed by atoms with Gasteiger partial charge in [-0.3, -0.25) is 0 Å². The van der Waals surface area contributed by atoms with Crippen LogP contribution in [0.25, 0.3) is 0 Å². The zero-order chi connectivity index (χ0) is 18.2. The molecule has 0 radical (unpaired) electrons. The van der Waals surface area contributed by atoms with E-state index in [2.05, 4.69) is 11.8 Å². The van der Waals surface area contributed by atoms with Gasteiger partial charge >= 0.3 is 5.97 Å². The van der Waals surface area contributed by atoms with E-state index in [1.165, 1.54) is 0 Å². The summed E-state index contributed by atoms with van der Waals surface area (Å²) >= 11 is 0. The summed E-state index contributed by atoms with van der Waals surface area (Å²) in [6, 6.07) is 17.0. The molecule has 0 aliphatic carbocycles. The number of benzene rings is 2. The molecule has 0 saturated carbocycles. The van der Waals surface area contributed by atoms with E-state index >= 15 is 0 Å². The van der Waals surface area contributed by atoms with Gasteiger partial charge in [0.1, 0.15) is 0 Å². The Hall–Kier alpha value is -2.61. The van der Waals surface area contributed by atoms with Crippen LogP contribution in [0.1, 0.15) is 36.5 Å². The molecule has 0 bridgehead atoms. The molecular formula is C21H23NO3. The van der Waals surface area contributed by atoms with E-state index in [-0.39, 0.29) is 6.10 Å². The Morgan fingerprint density at radius 2 is 1.76 bits per heavy atom. The maximum Gasteiger partial charge on any atom is 0.334 e. The highest BCUT2D eigenvalue weighted by atomic mass is 16.5. The first-order chi connectivity index (χ1) is 12.0. The van der Waals surface area contributed by atoms with E-state index in [0.29, 0.717) is 6.54 Å². The third kappa shape index (κ3) is 5.46. The van der Waals surface area contributed by atoms with Crippen molar-refractivity contribution < 1.29 is 14.6 Å². The molecule has 2 atom stereocenters. The minimum Gasteiger partial charge on any atom is -0.479 e. The molecule has 4 heteroatoms. The lowest BCUT2D eigenvalue weighted by Gasteiger charge is -2.22. The SMILES string of the molecule is CC(C)OC(C(=O)O)C(C#Cc1ccc(CN)cc1)c1ccccc1. The van der Waals surface area contributed by atoms with Gasteiger partial charge < -0.3 is 15.6 Å². The molecule has 130 valence electrons. The molecular weight excluding hydrogens is 314 g/mol. The standard InChI is InChI=1S/C21H23NO3/c1-15(2)25-20(21(23)24)19(18-6-4-3-5-7-18)13-12-16-8-10-17(14-22)11-9-16/h3-11,15,19-20H,14,22H2,1-2H3,(H,23,24). The molecule has 0 aliphatic rings. The molecule has 0 aliphatic heterocycles. The predicted octanol–water partition coefficient (Wildman–Crippen LogP) is 3.16. The summed E-state index contributed by atoms with van der Waals surface area (Å²) in [6.45, 7) is 4.11. The van der Waals surface area contributed by atoms with Gasteiger partial charge in [0.2, 0.25) is 0 Å². The topological polar surface area (TPSA) is 72.5 Å². The Morgan fingerprint density at radius 1 is 1.12 bits per heavy atom. The van der Waals surface area contributed by atoms with Gasteiger partial charge in [-0.25, -0.2) is 4.79 Å². The quantitative estimate of drug-likeness (QED) is 0.794. The van der Waals surface area contributed by atoms with Crippen molar-refractivity contribution in [2.75, 3.05) is 0 Å². The van der Waals surface area contributed by atoms with Gasteiger partial charge in [0, 0.05) is 12.1 Å². The lowest BCUT2D eigenvalue weighted by Crippen LogP contribution is -2.32. The largest absolute Gasteiger partial charge is 0.479 e. The summed E-state index contributed by atoms with van der Waals surface area (Å²) in [6.07, 6.45) is -1.24. The third-order valence-corrected chi connectivity index (χ3v) is 3.69. The van der Waals surface area contributed by atoms with Gasteiger partial charge in [-0.2, -0.15) is 0 Å². The van der Waals surface area contributed by atoms with E-state index in [1.807, 2.05) is 68.4 Å². The average Bonchev–Trinajstić information content (AvgIpc) is 2.62. The number of carboxylic acids is 1. The molecule has 2 aromatic rings. The molecule has 0 fully saturated rings. The summed E-state index contributed by atoms with van der Waals surface area (Å²) in [5.41, 5.74) is 8.26. The number of aliphatic carboxylic acids is 1. The molecule has 0 amide bonds. The van der Waals surface area contributed by atoms with E-state index in [4.69, 9.17) is 10.5 Å². The van der Waals surface area contributed by atoms with Crippen LogP contribution < -0.4 is 5.73 Å². The van der Waals surface area contributed by atoms with Crippen LogP contribution in [0.3, 0.4) is 0 Å². The van der Waals surface area contributed by atoms with Crippen LogP contribution in [-0.2, 0) is 16.1 Å². The molecule has 2 rings (SSSR count). The van der Waals surface area contributed by atoms with Gasteiger partial charge in [0.25, 0.3) is 0 Å². The molecule has 2 aromatic carbocycles. The molecule has 0 heterocycles. The zero-order valence-electron chi connectivity index (χ0n) is 14.5. The Labute approximate surface area is 148 Å². The van der Waals surface area contributed by atoms with E-state index in [9.17, 15) is 9.90 Å². The summed E-state index contributed by atoms with van der Waals surface area (Å²) in [4.78, 5) is 11.7. The molecule has 4 nitrogen and oxygen atoms in total. The first-order valence-electron chi connectivity index (χ1n) is 8.25. The van der Waals surface area contributed by atoms with Gasteiger partial charge in [-0.05, 0) is 37.1 Å². The highest BCUT2D eigenvalue weighted by Gasteiger charge is 2.30. The molecule has 3 N–H and O–H groups in total. The normalized spacial score (nSPS) is 13.0. The second-order valence-corrected chi connectivity index (χ2v) is 6.00. The first kappa shape index (κ1) is 18.7. The minimum absolute atomic E-state index is 0.210. The van der Waals surface area contributed by atoms with Crippen molar-refractivity contribution in [1.29, 1.82) is 0 Å². The monoisotopic (exact) mass is 337 g/mol. The zero-order valence-corrected chi connectivity index (χ0v) is 14.5. The van der Waals surface area contributed by atoms with Gasteiger partial charge in [-0.15, -0.1) is 0 Å². The summed E-state index contributed by atoms with van der Waals surface area (Å²) in [5, 5.41) is 9.61. The summed E-state index contributed by atoms with van der Waals surface area (Å²) < 4.78 is 5.63. The number of hydrogen-bond acceptors (Lipinski definition) is 3. The van der Waals surface area contributed by atoms with Gasteiger partial charge in [-0.1, -0.05) is 54.3 Å². The van der Waals surface area contributed by atoms with E-state index < -0.39 is 18.0 Å². The van der Waals surface area contributed by atoms with Crippen molar-refractivity contribution >= 4 is 5.97 Å². The van der Waals surface area contributed by atoms with E-state index in [1.54, 1.807) is 0 Å². The van der Waals surface area contributed by atoms with Crippen molar-refractivity contribution in [2.45, 2.75) is 38.5 Å². The average molecular weight is 337 g/mol. The van der Waals surface area contributed by atoms with E-state index in [0.717, 1.165) is 16.7 Å². The van der Waals surface area contributed by atoms with Crippen LogP contribution in [0.5, 0.6) is 0 Å². The van der Waals surface area contributed by atoms with Crippen LogP contribution in [0.2, 0.25) is 0 Å². The lowest BCUT2D eigenvalue weighted by molar-refractivity contribution is -0.153. The number of carboxylic acid groups (broad SMARTS) is 1. The predicted molar refractivity (Wildman–Crippen MR) is 98.0 cm³/mol. The number of nitrogens with two attached hydrogens (primary N) is 1. The molecule has 0 aromatic heterocycles. The number of carbonyl (C=O) groups is 1. The first-order valence-corrected chi connectivity index (χ1v) is 8.25. The Kier molecular flexibility index (Phi) is 6.76. The van der Waals surface area contributed by atoms with Crippen molar-refractivity contribution in [3.8, 4) is 11.8 Å². The van der Waals surface area contributed by atoms with Crippen molar-refractivity contribution in [3.05, 3.63) is 71.3 Å². The fourth-order valence-corrected chi connectivity index (χ4v) is 2.45. The maximum atomic E-state index is 11.7. The fraction of sp³-hybridized carbons (Fsp3) is 0.286. The number of rotatable bonds is 6. The third-order valence-electron chi connectivity index (χ3n) is 3.69. The molecule has 0 spiro atoms. The van der Waals surface area contributed by atoms with Crippen molar-refractivity contribution in [1.82, 2.24) is 0 Å². The molecule has 2 unspecified atom stereocenters. The highest BCUT2D eigenvalue weighted by molar-refractivity contribution is 5.75. The Balaban J connectivity index is 2.37. The second kappa shape index (κ2) is 9.03. The van der Waals surface area contributed by atoms with Gasteiger partial charge in [0.15, 0.2) is 6.10 Å². The number of hydrogen-bond donors (Lipinski definition) is 2.